The zero-order valence-corrected chi connectivity index (χ0v) is 8.78. The molecule has 3 heteroatoms. The van der Waals surface area contributed by atoms with Crippen LogP contribution in [0.5, 0.6) is 0 Å². The molecule has 0 spiro atoms. The average Bonchev–Trinajstić information content (AvgIpc) is 2.07. The summed E-state index contributed by atoms with van der Waals surface area (Å²) in [6.45, 7) is 0. The molecule has 0 atom stereocenters. The van der Waals surface area contributed by atoms with Crippen molar-refractivity contribution in [2.24, 2.45) is 0 Å². The highest BCUT2D eigenvalue weighted by Crippen LogP contribution is 2.17. The molecule has 0 aliphatic rings. The third-order valence-corrected chi connectivity index (χ3v) is 2.18. The average molecular weight is 247 g/mol. The summed E-state index contributed by atoms with van der Waals surface area (Å²) in [4.78, 5) is 0. The van der Waals surface area contributed by atoms with Crippen LogP contribution in [0, 0.1) is 5.82 Å². The van der Waals surface area contributed by atoms with Crippen LogP contribution in [0.1, 0.15) is 5.56 Å². The Bertz CT molecular complexity index is 297. The number of hydrogen-bond acceptors (Lipinski definition) is 1. The van der Waals surface area contributed by atoms with Gasteiger partial charge < -0.3 is 0 Å². The fourth-order valence-corrected chi connectivity index (χ4v) is 1.31. The summed E-state index contributed by atoms with van der Waals surface area (Å²) in [5, 5.41) is 0. The molecule has 0 amide bonds. The highest BCUT2D eigenvalue weighted by atomic mass is 79.9. The van der Waals surface area contributed by atoms with Crippen molar-refractivity contribution in [2.45, 2.75) is 0 Å². The highest BCUT2D eigenvalue weighted by molar-refractivity contribution is 9.10. The molecule has 0 N–H and O–H groups in total. The van der Waals surface area contributed by atoms with Gasteiger partial charge in [-0.3, -0.25) is 0 Å². The quantitative estimate of drug-likeness (QED) is 0.759. The second-order valence-electron chi connectivity index (χ2n) is 2.26. The van der Waals surface area contributed by atoms with Gasteiger partial charge in [-0.15, -0.1) is 0 Å². The van der Waals surface area contributed by atoms with E-state index in [1.807, 2.05) is 12.2 Å². The van der Waals surface area contributed by atoms with E-state index in [1.54, 1.807) is 12.1 Å². The van der Waals surface area contributed by atoms with Crippen LogP contribution >= 0.6 is 28.6 Å². The number of hydrogen-bond donors (Lipinski definition) is 1. The summed E-state index contributed by atoms with van der Waals surface area (Å²) in [6.07, 6.45) is 3.81. The monoisotopic (exact) mass is 246 g/mol. The minimum Gasteiger partial charge on any atom is -0.206 e. The fraction of sp³-hybridized carbons (Fsp3) is 0.111. The maximum absolute atomic E-state index is 12.7. The summed E-state index contributed by atoms with van der Waals surface area (Å²) in [5.74, 6) is 0.452. The Morgan fingerprint density at radius 1 is 1.50 bits per heavy atom. The third kappa shape index (κ3) is 2.64. The van der Waals surface area contributed by atoms with Crippen LogP contribution in [0.4, 0.5) is 4.39 Å². The Kier molecular flexibility index (Phi) is 3.82. The predicted octanol–water partition coefficient (Wildman–Crippen LogP) is 3.53. The summed E-state index contributed by atoms with van der Waals surface area (Å²) in [6, 6.07) is 4.89. The first-order chi connectivity index (χ1) is 5.74. The van der Waals surface area contributed by atoms with Gasteiger partial charge in [-0.25, -0.2) is 4.39 Å². The normalized spacial score (nSPS) is 10.9. The lowest BCUT2D eigenvalue weighted by molar-refractivity contribution is 0.621. The Morgan fingerprint density at radius 2 is 2.25 bits per heavy atom. The van der Waals surface area contributed by atoms with E-state index in [-0.39, 0.29) is 5.82 Å². The zero-order valence-electron chi connectivity index (χ0n) is 6.30. The number of halogens is 2. The van der Waals surface area contributed by atoms with Crippen LogP contribution in [-0.2, 0) is 0 Å². The molecular weight excluding hydrogens is 239 g/mol. The molecule has 0 heterocycles. The molecule has 1 aromatic carbocycles. The van der Waals surface area contributed by atoms with Crippen LogP contribution in [0.25, 0.3) is 6.08 Å². The Morgan fingerprint density at radius 3 is 2.83 bits per heavy atom. The molecule has 0 radical (unpaired) electrons. The summed E-state index contributed by atoms with van der Waals surface area (Å²) in [7, 11) is 0. The van der Waals surface area contributed by atoms with Crippen molar-refractivity contribution in [2.75, 3.05) is 5.75 Å². The Labute approximate surface area is 85.0 Å². The third-order valence-electron chi connectivity index (χ3n) is 1.36. The first-order valence-electron chi connectivity index (χ1n) is 3.46. The minimum atomic E-state index is -0.238. The molecule has 64 valence electrons. The van der Waals surface area contributed by atoms with E-state index in [0.717, 1.165) is 5.56 Å². The van der Waals surface area contributed by atoms with E-state index in [1.165, 1.54) is 6.07 Å². The van der Waals surface area contributed by atoms with Crippen LogP contribution in [0.3, 0.4) is 0 Å². The fourth-order valence-electron chi connectivity index (χ4n) is 0.805. The van der Waals surface area contributed by atoms with Crippen LogP contribution < -0.4 is 0 Å². The molecule has 0 nitrogen and oxygen atoms in total. The molecule has 0 aliphatic carbocycles. The van der Waals surface area contributed by atoms with Crippen molar-refractivity contribution in [3.63, 3.8) is 0 Å². The van der Waals surface area contributed by atoms with Crippen LogP contribution in [0.2, 0.25) is 0 Å². The highest BCUT2D eigenvalue weighted by Gasteiger charge is 1.96. The van der Waals surface area contributed by atoms with Gasteiger partial charge >= 0.3 is 0 Å². The van der Waals surface area contributed by atoms with E-state index < -0.39 is 0 Å². The largest absolute Gasteiger partial charge is 0.206 e. The van der Waals surface area contributed by atoms with Crippen molar-refractivity contribution in [1.29, 1.82) is 0 Å². The van der Waals surface area contributed by atoms with E-state index in [9.17, 15) is 4.39 Å². The molecule has 12 heavy (non-hydrogen) atoms. The molecular formula is C9H8BrFS. The van der Waals surface area contributed by atoms with E-state index in [2.05, 4.69) is 28.6 Å². The summed E-state index contributed by atoms with van der Waals surface area (Å²) in [5.41, 5.74) is 0.970. The lowest BCUT2D eigenvalue weighted by Gasteiger charge is -1.95. The van der Waals surface area contributed by atoms with Gasteiger partial charge in [0.2, 0.25) is 0 Å². The summed E-state index contributed by atoms with van der Waals surface area (Å²) < 4.78 is 13.2. The zero-order chi connectivity index (χ0) is 8.97. The first kappa shape index (κ1) is 9.81. The van der Waals surface area contributed by atoms with Gasteiger partial charge in [-0.1, -0.05) is 18.2 Å². The topological polar surface area (TPSA) is 0 Å². The molecule has 0 unspecified atom stereocenters. The standard InChI is InChI=1S/C9H8BrFS/c10-8-6-7(2-1-5-12)3-4-9(8)11/h1-4,6,12H,5H2. The van der Waals surface area contributed by atoms with E-state index in [4.69, 9.17) is 0 Å². The van der Waals surface area contributed by atoms with Crippen molar-refractivity contribution in [1.82, 2.24) is 0 Å². The minimum absolute atomic E-state index is 0.238. The van der Waals surface area contributed by atoms with Gasteiger partial charge in [0.05, 0.1) is 4.47 Å². The molecule has 1 aromatic rings. The number of benzene rings is 1. The molecule has 0 saturated heterocycles. The van der Waals surface area contributed by atoms with Gasteiger partial charge in [0.15, 0.2) is 0 Å². The van der Waals surface area contributed by atoms with Crippen molar-refractivity contribution >= 4 is 34.6 Å². The maximum Gasteiger partial charge on any atom is 0.137 e. The number of rotatable bonds is 2. The molecule has 0 bridgehead atoms. The van der Waals surface area contributed by atoms with Gasteiger partial charge in [0, 0.05) is 5.75 Å². The SMILES string of the molecule is Fc1ccc(C=CCS)cc1Br. The second-order valence-corrected chi connectivity index (χ2v) is 3.48. The van der Waals surface area contributed by atoms with Crippen LogP contribution in [-0.4, -0.2) is 5.75 Å². The molecule has 0 fully saturated rings. The van der Waals surface area contributed by atoms with Gasteiger partial charge in [-0.05, 0) is 33.6 Å². The van der Waals surface area contributed by atoms with Crippen molar-refractivity contribution < 1.29 is 4.39 Å². The lowest BCUT2D eigenvalue weighted by Crippen LogP contribution is -1.78. The van der Waals surface area contributed by atoms with Crippen LogP contribution in [0.15, 0.2) is 28.7 Å². The number of thiol groups is 1. The second kappa shape index (κ2) is 4.67. The molecule has 0 saturated carbocycles. The van der Waals surface area contributed by atoms with Gasteiger partial charge in [0.1, 0.15) is 5.82 Å². The van der Waals surface area contributed by atoms with E-state index >= 15 is 0 Å². The van der Waals surface area contributed by atoms with E-state index in [0.29, 0.717) is 10.2 Å². The Balaban J connectivity index is 2.89. The van der Waals surface area contributed by atoms with Crippen molar-refractivity contribution in [3.05, 3.63) is 40.1 Å². The molecule has 1 rings (SSSR count). The summed E-state index contributed by atoms with van der Waals surface area (Å²) >= 11 is 7.13. The smallest absolute Gasteiger partial charge is 0.137 e. The maximum atomic E-state index is 12.7. The lowest BCUT2D eigenvalue weighted by atomic mass is 10.2. The predicted molar refractivity (Wildman–Crippen MR) is 57.0 cm³/mol. The van der Waals surface area contributed by atoms with Gasteiger partial charge in [-0.2, -0.15) is 12.6 Å². The van der Waals surface area contributed by atoms with Crippen molar-refractivity contribution in [3.8, 4) is 0 Å². The molecule has 0 aliphatic heterocycles. The molecule has 0 aromatic heterocycles. The Hall–Kier alpha value is -0.280. The van der Waals surface area contributed by atoms with Gasteiger partial charge in [0.25, 0.3) is 0 Å². The first-order valence-corrected chi connectivity index (χ1v) is 4.89.